The number of thiophene rings is 1. The van der Waals surface area contributed by atoms with Gasteiger partial charge in [-0.2, -0.15) is 0 Å². The number of carboxylic acids is 1. The number of nitrogens with zero attached hydrogens (tertiary/aromatic N) is 1. The first-order valence-corrected chi connectivity index (χ1v) is 7.84. The van der Waals surface area contributed by atoms with E-state index in [1.807, 2.05) is 47.3 Å². The van der Waals surface area contributed by atoms with Crippen molar-refractivity contribution in [2.24, 2.45) is 0 Å². The predicted octanol–water partition coefficient (Wildman–Crippen LogP) is 3.53. The molecular formula is C17H16N2O2S. The molecule has 3 aromatic rings. The molecule has 4 nitrogen and oxygen atoms in total. The number of aromatic carboxylic acids is 1. The number of hydrogen-bond donors (Lipinski definition) is 2. The van der Waals surface area contributed by atoms with Crippen molar-refractivity contribution in [1.82, 2.24) is 9.88 Å². The van der Waals surface area contributed by atoms with Gasteiger partial charge in [-0.25, -0.2) is 4.79 Å². The highest BCUT2D eigenvalue weighted by atomic mass is 32.1. The standard InChI is InChI=1S/C17H16N2O2S/c20-17(21)16-15(7-9-22-16)19-8-6-14(12-19)11-18-10-13-4-2-1-3-5-13/h1-9,12,18H,10-11H2,(H,20,21). The zero-order valence-electron chi connectivity index (χ0n) is 11.9. The minimum atomic E-state index is -0.887. The van der Waals surface area contributed by atoms with E-state index in [0.29, 0.717) is 10.6 Å². The van der Waals surface area contributed by atoms with Crippen LogP contribution in [0.25, 0.3) is 5.69 Å². The Labute approximate surface area is 132 Å². The van der Waals surface area contributed by atoms with Gasteiger partial charge in [0.1, 0.15) is 4.88 Å². The SMILES string of the molecule is O=C(O)c1sccc1-n1ccc(CNCc2ccccc2)c1. The average molecular weight is 312 g/mol. The van der Waals surface area contributed by atoms with E-state index in [2.05, 4.69) is 17.4 Å². The van der Waals surface area contributed by atoms with Gasteiger partial charge >= 0.3 is 5.97 Å². The second kappa shape index (κ2) is 6.60. The van der Waals surface area contributed by atoms with Crippen molar-refractivity contribution in [2.45, 2.75) is 13.1 Å². The molecule has 0 fully saturated rings. The van der Waals surface area contributed by atoms with Crippen molar-refractivity contribution in [1.29, 1.82) is 0 Å². The highest BCUT2D eigenvalue weighted by Gasteiger charge is 2.13. The first kappa shape index (κ1) is 14.6. The summed E-state index contributed by atoms with van der Waals surface area (Å²) in [6.07, 6.45) is 3.86. The summed E-state index contributed by atoms with van der Waals surface area (Å²) in [7, 11) is 0. The summed E-state index contributed by atoms with van der Waals surface area (Å²) in [4.78, 5) is 11.5. The van der Waals surface area contributed by atoms with Crippen LogP contribution in [0.4, 0.5) is 0 Å². The zero-order valence-corrected chi connectivity index (χ0v) is 12.7. The van der Waals surface area contributed by atoms with Gasteiger partial charge in [0.2, 0.25) is 0 Å². The number of benzene rings is 1. The molecule has 112 valence electrons. The Morgan fingerprint density at radius 2 is 1.86 bits per heavy atom. The molecule has 0 aliphatic carbocycles. The maximum Gasteiger partial charge on any atom is 0.348 e. The van der Waals surface area contributed by atoms with Crippen LogP contribution in [-0.4, -0.2) is 15.6 Å². The van der Waals surface area contributed by atoms with Crippen LogP contribution in [0.1, 0.15) is 20.8 Å². The van der Waals surface area contributed by atoms with Crippen LogP contribution in [0.3, 0.4) is 0 Å². The van der Waals surface area contributed by atoms with E-state index in [1.54, 1.807) is 5.38 Å². The first-order chi connectivity index (χ1) is 10.7. The number of rotatable bonds is 6. The summed E-state index contributed by atoms with van der Waals surface area (Å²) in [6, 6.07) is 14.1. The minimum absolute atomic E-state index is 0.361. The summed E-state index contributed by atoms with van der Waals surface area (Å²) in [5.74, 6) is -0.887. The Morgan fingerprint density at radius 1 is 1.09 bits per heavy atom. The lowest BCUT2D eigenvalue weighted by Gasteiger charge is -2.04. The van der Waals surface area contributed by atoms with E-state index >= 15 is 0 Å². The molecule has 2 aromatic heterocycles. The lowest BCUT2D eigenvalue weighted by Crippen LogP contribution is -2.12. The molecule has 3 rings (SSSR count). The third kappa shape index (κ3) is 3.27. The quantitative estimate of drug-likeness (QED) is 0.732. The van der Waals surface area contributed by atoms with Crippen LogP contribution in [0.5, 0.6) is 0 Å². The van der Waals surface area contributed by atoms with E-state index in [9.17, 15) is 9.90 Å². The smallest absolute Gasteiger partial charge is 0.348 e. The molecule has 0 aliphatic rings. The third-order valence-corrected chi connectivity index (χ3v) is 4.26. The Balaban J connectivity index is 1.64. The highest BCUT2D eigenvalue weighted by molar-refractivity contribution is 7.12. The number of nitrogens with one attached hydrogen (secondary N) is 1. The molecule has 22 heavy (non-hydrogen) atoms. The third-order valence-electron chi connectivity index (χ3n) is 3.37. The van der Waals surface area contributed by atoms with Crippen LogP contribution in [0.2, 0.25) is 0 Å². The molecule has 0 spiro atoms. The molecule has 0 radical (unpaired) electrons. The molecule has 0 bridgehead atoms. The van der Waals surface area contributed by atoms with Gasteiger partial charge in [0, 0.05) is 25.5 Å². The molecule has 0 amide bonds. The summed E-state index contributed by atoms with van der Waals surface area (Å²) in [5, 5.41) is 14.4. The highest BCUT2D eigenvalue weighted by Crippen LogP contribution is 2.22. The molecule has 0 saturated carbocycles. The van der Waals surface area contributed by atoms with Gasteiger partial charge < -0.3 is 15.0 Å². The normalized spacial score (nSPS) is 10.7. The summed E-state index contributed by atoms with van der Waals surface area (Å²) in [6.45, 7) is 1.55. The number of aromatic nitrogens is 1. The van der Waals surface area contributed by atoms with E-state index in [4.69, 9.17) is 0 Å². The van der Waals surface area contributed by atoms with Crippen LogP contribution < -0.4 is 5.32 Å². The predicted molar refractivity (Wildman–Crippen MR) is 87.6 cm³/mol. The van der Waals surface area contributed by atoms with E-state index in [0.717, 1.165) is 18.7 Å². The van der Waals surface area contributed by atoms with Crippen LogP contribution in [-0.2, 0) is 13.1 Å². The van der Waals surface area contributed by atoms with E-state index in [1.165, 1.54) is 16.9 Å². The molecule has 0 aliphatic heterocycles. The van der Waals surface area contributed by atoms with Crippen molar-refractivity contribution < 1.29 is 9.90 Å². The fourth-order valence-corrected chi connectivity index (χ4v) is 3.04. The Bertz CT molecular complexity index is 762. The molecule has 5 heteroatoms. The first-order valence-electron chi connectivity index (χ1n) is 6.97. The largest absolute Gasteiger partial charge is 0.477 e. The zero-order chi connectivity index (χ0) is 15.4. The molecule has 0 atom stereocenters. The number of carboxylic acid groups (broad SMARTS) is 1. The Morgan fingerprint density at radius 3 is 2.64 bits per heavy atom. The second-order valence-electron chi connectivity index (χ2n) is 4.96. The number of hydrogen-bond acceptors (Lipinski definition) is 3. The molecular weight excluding hydrogens is 296 g/mol. The van der Waals surface area contributed by atoms with Crippen LogP contribution >= 0.6 is 11.3 Å². The average Bonchev–Trinajstić information content (AvgIpc) is 3.17. The van der Waals surface area contributed by atoms with Gasteiger partial charge in [0.25, 0.3) is 0 Å². The van der Waals surface area contributed by atoms with E-state index in [-0.39, 0.29) is 0 Å². The minimum Gasteiger partial charge on any atom is -0.477 e. The van der Waals surface area contributed by atoms with Gasteiger partial charge in [0.15, 0.2) is 0 Å². The van der Waals surface area contributed by atoms with Crippen molar-refractivity contribution in [2.75, 3.05) is 0 Å². The molecule has 1 aromatic carbocycles. The van der Waals surface area contributed by atoms with Gasteiger partial charge in [-0.05, 0) is 28.6 Å². The molecule has 2 heterocycles. The van der Waals surface area contributed by atoms with Crippen molar-refractivity contribution in [3.8, 4) is 5.69 Å². The van der Waals surface area contributed by atoms with E-state index < -0.39 is 5.97 Å². The summed E-state index contributed by atoms with van der Waals surface area (Å²) >= 11 is 1.24. The molecule has 0 saturated heterocycles. The monoisotopic (exact) mass is 312 g/mol. The summed E-state index contributed by atoms with van der Waals surface area (Å²) in [5.41, 5.74) is 3.08. The maximum absolute atomic E-state index is 11.2. The number of carbonyl (C=O) groups is 1. The van der Waals surface area contributed by atoms with Gasteiger partial charge in [-0.15, -0.1) is 11.3 Å². The lowest BCUT2D eigenvalue weighted by molar-refractivity contribution is 0.0702. The summed E-state index contributed by atoms with van der Waals surface area (Å²) < 4.78 is 1.86. The Kier molecular flexibility index (Phi) is 4.37. The van der Waals surface area contributed by atoms with Gasteiger partial charge in [-0.3, -0.25) is 0 Å². The van der Waals surface area contributed by atoms with Crippen molar-refractivity contribution >= 4 is 17.3 Å². The Hall–Kier alpha value is -2.37. The van der Waals surface area contributed by atoms with Crippen molar-refractivity contribution in [3.05, 3.63) is 76.2 Å². The molecule has 2 N–H and O–H groups in total. The van der Waals surface area contributed by atoms with Crippen LogP contribution in [0.15, 0.2) is 60.2 Å². The molecule has 0 unspecified atom stereocenters. The fraction of sp³-hybridized carbons (Fsp3) is 0.118. The maximum atomic E-state index is 11.2. The lowest BCUT2D eigenvalue weighted by atomic mass is 10.2. The fourth-order valence-electron chi connectivity index (χ4n) is 2.31. The van der Waals surface area contributed by atoms with Crippen molar-refractivity contribution in [3.63, 3.8) is 0 Å². The topological polar surface area (TPSA) is 54.3 Å². The second-order valence-corrected chi connectivity index (χ2v) is 5.87. The van der Waals surface area contributed by atoms with Gasteiger partial charge in [0.05, 0.1) is 5.69 Å². The van der Waals surface area contributed by atoms with Crippen LogP contribution in [0, 0.1) is 0 Å². The van der Waals surface area contributed by atoms with Gasteiger partial charge in [-0.1, -0.05) is 30.3 Å².